The van der Waals surface area contributed by atoms with Gasteiger partial charge in [-0.1, -0.05) is 74.5 Å². The summed E-state index contributed by atoms with van der Waals surface area (Å²) in [5, 5.41) is 38.6. The molecule has 0 atom stereocenters. The largest absolute Gasteiger partial charge is 0.492 e. The number of fused-ring (bicyclic) bond motifs is 7. The molecule has 0 fully saturated rings. The number of ether oxygens (including phenoxy) is 4. The van der Waals surface area contributed by atoms with E-state index in [0.717, 1.165) is 52.5 Å². The highest BCUT2D eigenvalue weighted by molar-refractivity contribution is 7.36. The minimum absolute atomic E-state index is 0.00931. The van der Waals surface area contributed by atoms with Crippen molar-refractivity contribution < 1.29 is 28.5 Å². The lowest BCUT2D eigenvalue weighted by Gasteiger charge is -2.10. The molecule has 0 amide bonds. The molecule has 7 heterocycles. The maximum absolute atomic E-state index is 14.7. The first kappa shape index (κ1) is 44.6. The summed E-state index contributed by atoms with van der Waals surface area (Å²) in [4.78, 5) is 40.8. The van der Waals surface area contributed by atoms with Crippen molar-refractivity contribution >= 4 is 131 Å². The van der Waals surface area contributed by atoms with Gasteiger partial charge in [-0.25, -0.2) is 28.7 Å². The van der Waals surface area contributed by atoms with Gasteiger partial charge in [0, 0.05) is 12.1 Å². The number of aromatic nitrogens is 2. The van der Waals surface area contributed by atoms with Crippen molar-refractivity contribution in [2.75, 3.05) is 13.2 Å². The van der Waals surface area contributed by atoms with Gasteiger partial charge in [0.2, 0.25) is 11.4 Å². The first-order chi connectivity index (χ1) is 32.8. The van der Waals surface area contributed by atoms with Crippen LogP contribution in [0.5, 0.6) is 11.5 Å². The molecule has 7 aromatic heterocycles. The molecule has 67 heavy (non-hydrogen) atoms. The number of carbonyl (C=O) groups is 2. The predicted molar refractivity (Wildman–Crippen MR) is 265 cm³/mol. The molecule has 0 bridgehead atoms. The Kier molecular flexibility index (Phi) is 12.9. The lowest BCUT2D eigenvalue weighted by atomic mass is 10.2. The number of aliphatic imine (C=N–C) groups is 2. The SMILES string of the molecule is CCCOc1cc(N=C(C#N)C#N)sc1-c1cc2c(s1)c1sc3c4sc(-c5sc(N=C(C#N)C#N)cc5OCCC)cc4n(C(=O)OCc4ccccc4)c3c1n2C(=O)OCc1ccccc1. The van der Waals surface area contributed by atoms with Gasteiger partial charge in [-0.3, -0.25) is 0 Å². The van der Waals surface area contributed by atoms with E-state index in [1.165, 1.54) is 65.8 Å². The Morgan fingerprint density at radius 3 is 1.33 bits per heavy atom. The fourth-order valence-electron chi connectivity index (χ4n) is 7.16. The highest BCUT2D eigenvalue weighted by Gasteiger charge is 2.32. The summed E-state index contributed by atoms with van der Waals surface area (Å²) < 4.78 is 30.4. The summed E-state index contributed by atoms with van der Waals surface area (Å²) in [6, 6.07) is 33.1. The minimum Gasteiger partial charge on any atom is -0.492 e. The van der Waals surface area contributed by atoms with Crippen LogP contribution >= 0.6 is 56.7 Å². The third kappa shape index (κ3) is 8.66. The summed E-state index contributed by atoms with van der Waals surface area (Å²) in [5.74, 6) is 1.05. The number of carbonyl (C=O) groups excluding carboxylic acids is 2. The Morgan fingerprint density at radius 2 is 0.955 bits per heavy atom. The van der Waals surface area contributed by atoms with Crippen LogP contribution in [0.1, 0.15) is 37.8 Å². The van der Waals surface area contributed by atoms with E-state index in [-0.39, 0.29) is 24.6 Å². The van der Waals surface area contributed by atoms with Gasteiger partial charge in [-0.2, -0.15) is 21.0 Å². The molecule has 9 rings (SSSR count). The molecule has 0 radical (unpaired) electrons. The van der Waals surface area contributed by atoms with Crippen molar-refractivity contribution in [3.8, 4) is 55.3 Å². The molecule has 0 saturated heterocycles. The molecule has 0 aliphatic heterocycles. The zero-order valence-electron chi connectivity index (χ0n) is 35.4. The summed E-state index contributed by atoms with van der Waals surface area (Å²) in [7, 11) is 0. The summed E-state index contributed by atoms with van der Waals surface area (Å²) in [5.41, 5.74) is 3.03. The molecule has 0 N–H and O–H groups in total. The molecule has 0 aliphatic rings. The number of thiophene rings is 5. The average Bonchev–Trinajstić information content (AvgIpc) is 4.23. The fraction of sp³-hybridized carbons (Fsp3) is 0.167. The van der Waals surface area contributed by atoms with Crippen LogP contribution in [-0.4, -0.2) is 46.0 Å². The summed E-state index contributed by atoms with van der Waals surface area (Å²) >= 11 is 6.82. The monoisotopic (exact) mass is 976 g/mol. The van der Waals surface area contributed by atoms with Gasteiger partial charge in [0.25, 0.3) is 0 Å². The molecule has 19 heteroatoms. The Bertz CT molecular complexity index is 3350. The van der Waals surface area contributed by atoms with Crippen LogP contribution in [0.4, 0.5) is 19.6 Å². The van der Waals surface area contributed by atoms with Crippen molar-refractivity contribution in [3.05, 3.63) is 96.1 Å². The zero-order valence-corrected chi connectivity index (χ0v) is 39.5. The third-order valence-electron chi connectivity index (χ3n) is 10.0. The van der Waals surface area contributed by atoms with Gasteiger partial charge in [0.05, 0.1) is 73.6 Å². The number of nitriles is 4. The number of hydrogen-bond acceptors (Lipinski definition) is 17. The van der Waals surface area contributed by atoms with Gasteiger partial charge >= 0.3 is 12.2 Å². The van der Waals surface area contributed by atoms with E-state index in [2.05, 4.69) is 9.98 Å². The van der Waals surface area contributed by atoms with Crippen LogP contribution in [0.3, 0.4) is 0 Å². The molecule has 9 aromatic rings. The van der Waals surface area contributed by atoms with E-state index in [1.54, 1.807) is 12.1 Å². The molecule has 0 unspecified atom stereocenters. The van der Waals surface area contributed by atoms with Crippen LogP contribution in [0.15, 0.2) is 94.9 Å². The normalized spacial score (nSPS) is 11.0. The molecule has 14 nitrogen and oxygen atoms in total. The Balaban J connectivity index is 1.28. The highest BCUT2D eigenvalue weighted by atomic mass is 32.1. The summed E-state index contributed by atoms with van der Waals surface area (Å²) in [6.45, 7) is 4.78. The Labute approximate surface area is 401 Å². The smallest absolute Gasteiger partial charge is 0.419 e. The summed E-state index contributed by atoms with van der Waals surface area (Å²) in [6.07, 6.45) is 0.145. The van der Waals surface area contributed by atoms with E-state index in [9.17, 15) is 30.6 Å². The molecule has 0 spiro atoms. The van der Waals surface area contributed by atoms with Crippen molar-refractivity contribution in [1.29, 1.82) is 21.0 Å². The second kappa shape index (κ2) is 19.5. The number of rotatable bonds is 14. The lowest BCUT2D eigenvalue weighted by Crippen LogP contribution is -2.16. The molecular weight excluding hydrogens is 945 g/mol. The van der Waals surface area contributed by atoms with Gasteiger partial charge in [0.15, 0.2) is 0 Å². The highest BCUT2D eigenvalue weighted by Crippen LogP contribution is 2.54. The molecule has 0 aliphatic carbocycles. The van der Waals surface area contributed by atoms with E-state index in [0.29, 0.717) is 66.5 Å². The topological polar surface area (TPSA) is 201 Å². The van der Waals surface area contributed by atoms with E-state index >= 15 is 0 Å². The van der Waals surface area contributed by atoms with Crippen molar-refractivity contribution in [2.24, 2.45) is 9.98 Å². The van der Waals surface area contributed by atoms with Crippen LogP contribution in [0.25, 0.3) is 60.4 Å². The maximum Gasteiger partial charge on any atom is 0.419 e. The molecule has 0 saturated carbocycles. The van der Waals surface area contributed by atoms with Crippen LogP contribution < -0.4 is 9.47 Å². The Morgan fingerprint density at radius 1 is 0.552 bits per heavy atom. The van der Waals surface area contributed by atoms with E-state index in [4.69, 9.17) is 18.9 Å². The first-order valence-corrected chi connectivity index (χ1v) is 24.6. The molecule has 330 valence electrons. The van der Waals surface area contributed by atoms with Crippen molar-refractivity contribution in [3.63, 3.8) is 0 Å². The predicted octanol–water partition coefficient (Wildman–Crippen LogP) is 13.7. The molecular formula is C48H32N8O6S5. The van der Waals surface area contributed by atoms with Crippen molar-refractivity contribution in [1.82, 2.24) is 9.13 Å². The second-order valence-electron chi connectivity index (χ2n) is 14.5. The van der Waals surface area contributed by atoms with Gasteiger partial charge in [-0.05, 0) is 36.1 Å². The van der Waals surface area contributed by atoms with Crippen LogP contribution in [0, 0.1) is 45.3 Å². The average molecular weight is 977 g/mol. The lowest BCUT2D eigenvalue weighted by molar-refractivity contribution is 0.142. The fourth-order valence-corrected chi connectivity index (χ4v) is 13.2. The number of benzene rings is 2. The van der Waals surface area contributed by atoms with Gasteiger partial charge in [-0.15, -0.1) is 56.7 Å². The number of hydrogen-bond donors (Lipinski definition) is 0. The van der Waals surface area contributed by atoms with E-state index in [1.807, 2.05) is 111 Å². The van der Waals surface area contributed by atoms with E-state index < -0.39 is 12.2 Å². The second-order valence-corrected chi connectivity index (χ2v) is 19.7. The first-order valence-electron chi connectivity index (χ1n) is 20.6. The quantitative estimate of drug-likeness (QED) is 0.0944. The van der Waals surface area contributed by atoms with Gasteiger partial charge < -0.3 is 18.9 Å². The number of nitrogens with zero attached hydrogens (tertiary/aromatic N) is 8. The third-order valence-corrected chi connectivity index (χ3v) is 16.1. The van der Waals surface area contributed by atoms with Crippen LogP contribution in [-0.2, 0) is 22.7 Å². The molecule has 2 aromatic carbocycles. The zero-order chi connectivity index (χ0) is 46.6. The van der Waals surface area contributed by atoms with Gasteiger partial charge in [0.1, 0.15) is 59.0 Å². The Hall–Kier alpha value is -7.62. The van der Waals surface area contributed by atoms with Crippen LogP contribution in [0.2, 0.25) is 0 Å². The van der Waals surface area contributed by atoms with Crippen molar-refractivity contribution in [2.45, 2.75) is 39.9 Å². The minimum atomic E-state index is -0.660. The standard InChI is InChI=1S/C48H32N8O6S5/c1-3-15-59-33-19-37(53-29(21-49)22-50)65-43(33)35-17-31-41(63-35)45-39(55(31)47(57)61-25-27-11-7-5-8-12-27)40-46(67-45)42-32(56(40)48(58)62-26-28-13-9-6-10-14-28)18-36(64-42)44-34(60-16-4-2)20-38(66-44)54-30(23-51)24-52/h5-14,17-20H,3-4,15-16,25-26H2,1-2H3. The maximum atomic E-state index is 14.7.